The largest absolute Gasteiger partial charge is 0.383 e. The van der Waals surface area contributed by atoms with Crippen molar-refractivity contribution in [2.45, 2.75) is 25.3 Å². The first-order valence-electron chi connectivity index (χ1n) is 8.96. The molecule has 0 saturated carbocycles. The fourth-order valence-corrected chi connectivity index (χ4v) is 4.18. The lowest BCUT2D eigenvalue weighted by Gasteiger charge is -2.39. The molecule has 0 unspecified atom stereocenters. The molecule has 0 N–H and O–H groups in total. The van der Waals surface area contributed by atoms with Crippen LogP contribution < -0.4 is 0 Å². The molecule has 3 rings (SSSR count). The normalized spacial score (nSPS) is 23.3. The van der Waals surface area contributed by atoms with Gasteiger partial charge in [-0.05, 0) is 30.7 Å². The van der Waals surface area contributed by atoms with Gasteiger partial charge in [0.25, 0.3) is 5.91 Å². The number of methoxy groups -OCH3 is 2. The number of aromatic nitrogens is 2. The van der Waals surface area contributed by atoms with E-state index in [0.717, 1.165) is 58.7 Å². The van der Waals surface area contributed by atoms with E-state index in [1.54, 1.807) is 32.7 Å². The summed E-state index contributed by atoms with van der Waals surface area (Å²) in [7, 11) is 3.51. The van der Waals surface area contributed by atoms with Crippen molar-refractivity contribution in [3.05, 3.63) is 24.3 Å². The molecular formula is C18H28N4O3. The van der Waals surface area contributed by atoms with Gasteiger partial charge < -0.3 is 14.4 Å². The van der Waals surface area contributed by atoms with Crippen LogP contribution in [0.4, 0.5) is 0 Å². The van der Waals surface area contributed by atoms with Crippen molar-refractivity contribution < 1.29 is 14.3 Å². The van der Waals surface area contributed by atoms with Crippen LogP contribution in [0.5, 0.6) is 0 Å². The number of piperidine rings is 1. The first-order valence-corrected chi connectivity index (χ1v) is 8.96. The van der Waals surface area contributed by atoms with Gasteiger partial charge in [0.15, 0.2) is 0 Å². The first kappa shape index (κ1) is 18.2. The lowest BCUT2D eigenvalue weighted by atomic mass is 9.76. The van der Waals surface area contributed by atoms with Crippen molar-refractivity contribution in [2.24, 2.45) is 5.41 Å². The van der Waals surface area contributed by atoms with Gasteiger partial charge in [0.2, 0.25) is 5.82 Å². The second-order valence-corrected chi connectivity index (χ2v) is 7.14. The third-order valence-corrected chi connectivity index (χ3v) is 5.53. The van der Waals surface area contributed by atoms with Crippen molar-refractivity contribution in [2.75, 3.05) is 53.6 Å². The maximum Gasteiger partial charge on any atom is 0.291 e. The number of rotatable bonds is 6. The third-order valence-electron chi connectivity index (χ3n) is 5.53. The minimum atomic E-state index is -0.0573. The Hall–Kier alpha value is -1.57. The van der Waals surface area contributed by atoms with Crippen LogP contribution in [0, 0.1) is 5.41 Å². The van der Waals surface area contributed by atoms with E-state index in [0.29, 0.717) is 11.9 Å². The van der Waals surface area contributed by atoms with Crippen molar-refractivity contribution in [1.29, 1.82) is 0 Å². The van der Waals surface area contributed by atoms with Crippen molar-refractivity contribution in [3.8, 4) is 0 Å². The van der Waals surface area contributed by atoms with E-state index >= 15 is 0 Å². The molecule has 2 saturated heterocycles. The Morgan fingerprint density at radius 1 is 1.24 bits per heavy atom. The molecule has 7 heteroatoms. The lowest BCUT2D eigenvalue weighted by molar-refractivity contribution is 0.0570. The quantitative estimate of drug-likeness (QED) is 0.766. The summed E-state index contributed by atoms with van der Waals surface area (Å²) in [6.07, 6.45) is 6.41. The number of ether oxygens (including phenoxy) is 2. The monoisotopic (exact) mass is 348 g/mol. The molecule has 0 aromatic carbocycles. The Balaban J connectivity index is 1.60. The van der Waals surface area contributed by atoms with E-state index in [2.05, 4.69) is 14.9 Å². The van der Waals surface area contributed by atoms with E-state index in [1.165, 1.54) is 0 Å². The van der Waals surface area contributed by atoms with Crippen molar-refractivity contribution in [3.63, 3.8) is 0 Å². The molecule has 7 nitrogen and oxygen atoms in total. The van der Waals surface area contributed by atoms with E-state index in [1.807, 2.05) is 4.90 Å². The smallest absolute Gasteiger partial charge is 0.291 e. The number of hydrogen-bond donors (Lipinski definition) is 0. The van der Waals surface area contributed by atoms with Crippen molar-refractivity contribution in [1.82, 2.24) is 19.8 Å². The molecule has 1 aromatic rings. The summed E-state index contributed by atoms with van der Waals surface area (Å²) in [5.41, 5.74) is 0.283. The van der Waals surface area contributed by atoms with Crippen LogP contribution in [0.25, 0.3) is 0 Å². The molecule has 1 spiro atoms. The number of carbonyl (C=O) groups is 1. The summed E-state index contributed by atoms with van der Waals surface area (Å²) in [5, 5.41) is 0. The highest BCUT2D eigenvalue weighted by atomic mass is 16.5. The number of carbonyl (C=O) groups excluding carboxylic acids is 1. The lowest BCUT2D eigenvalue weighted by Crippen LogP contribution is -2.44. The second kappa shape index (κ2) is 8.21. The van der Waals surface area contributed by atoms with E-state index in [-0.39, 0.29) is 11.3 Å². The molecule has 3 heterocycles. The van der Waals surface area contributed by atoms with E-state index < -0.39 is 0 Å². The molecule has 2 aliphatic heterocycles. The predicted molar refractivity (Wildman–Crippen MR) is 93.3 cm³/mol. The van der Waals surface area contributed by atoms with E-state index in [4.69, 9.17) is 9.47 Å². The Kier molecular flexibility index (Phi) is 5.98. The van der Waals surface area contributed by atoms with Crippen LogP contribution in [-0.4, -0.2) is 85.3 Å². The average molecular weight is 348 g/mol. The third kappa shape index (κ3) is 4.16. The summed E-state index contributed by atoms with van der Waals surface area (Å²) in [5.74, 6) is 0.238. The zero-order valence-electron chi connectivity index (χ0n) is 15.2. The number of nitrogens with zero attached hydrogens (tertiary/aromatic N) is 4. The standard InChI is InChI=1S/C18H28N4O3/c1-24-11-10-22-14-18(12-15(22)13-25-2)4-8-21(9-5-18)17(23)16-19-6-3-7-20-16/h3,6-7,15H,4-5,8-14H2,1-2H3/t15-/m0/s1. The summed E-state index contributed by atoms with van der Waals surface area (Å²) in [4.78, 5) is 25.1. The van der Waals surface area contributed by atoms with Gasteiger partial charge >= 0.3 is 0 Å². The highest BCUT2D eigenvalue weighted by molar-refractivity contribution is 5.90. The maximum atomic E-state index is 12.5. The van der Waals surface area contributed by atoms with Crippen LogP contribution in [0.2, 0.25) is 0 Å². The number of amides is 1. The van der Waals surface area contributed by atoms with Crippen LogP contribution in [0.15, 0.2) is 18.5 Å². The van der Waals surface area contributed by atoms with Crippen molar-refractivity contribution >= 4 is 5.91 Å². The van der Waals surface area contributed by atoms with Crippen LogP contribution in [0.1, 0.15) is 29.9 Å². The topological polar surface area (TPSA) is 67.8 Å². The zero-order valence-corrected chi connectivity index (χ0v) is 15.2. The molecule has 1 atom stereocenters. The summed E-state index contributed by atoms with van der Waals surface area (Å²) in [6, 6.07) is 2.17. The number of likely N-dealkylation sites (tertiary alicyclic amines) is 2. The molecule has 138 valence electrons. The molecular weight excluding hydrogens is 320 g/mol. The Morgan fingerprint density at radius 2 is 1.96 bits per heavy atom. The predicted octanol–water partition coefficient (Wildman–Crippen LogP) is 1.07. The summed E-state index contributed by atoms with van der Waals surface area (Å²) >= 11 is 0. The first-order chi connectivity index (χ1) is 12.2. The fraction of sp³-hybridized carbons (Fsp3) is 0.722. The molecule has 25 heavy (non-hydrogen) atoms. The Bertz CT molecular complexity index is 561. The molecule has 0 radical (unpaired) electrons. The minimum absolute atomic E-state index is 0.0573. The van der Waals surface area contributed by atoms with Gasteiger partial charge in [-0.25, -0.2) is 9.97 Å². The summed E-state index contributed by atoms with van der Waals surface area (Å²) < 4.78 is 10.7. The minimum Gasteiger partial charge on any atom is -0.383 e. The fourth-order valence-electron chi connectivity index (χ4n) is 4.18. The molecule has 2 fully saturated rings. The Morgan fingerprint density at radius 3 is 2.60 bits per heavy atom. The van der Waals surface area contributed by atoms with Gasteiger partial charge in [-0.1, -0.05) is 0 Å². The van der Waals surface area contributed by atoms with Gasteiger partial charge in [0, 0.05) is 58.8 Å². The highest BCUT2D eigenvalue weighted by Gasteiger charge is 2.45. The average Bonchev–Trinajstić information content (AvgIpc) is 2.98. The molecule has 0 aliphatic carbocycles. The van der Waals surface area contributed by atoms with Crippen LogP contribution in [0.3, 0.4) is 0 Å². The second-order valence-electron chi connectivity index (χ2n) is 7.14. The molecule has 0 bridgehead atoms. The molecule has 1 aromatic heterocycles. The van der Waals surface area contributed by atoms with Gasteiger partial charge in [-0.15, -0.1) is 0 Å². The molecule has 1 amide bonds. The Labute approximate surface area is 149 Å². The SMILES string of the molecule is COCCN1CC2(CCN(C(=O)c3ncccn3)CC2)C[C@H]1COC. The highest BCUT2D eigenvalue weighted by Crippen LogP contribution is 2.43. The van der Waals surface area contributed by atoms with Gasteiger partial charge in [-0.3, -0.25) is 9.69 Å². The number of hydrogen-bond acceptors (Lipinski definition) is 6. The van der Waals surface area contributed by atoms with Crippen LogP contribution >= 0.6 is 0 Å². The van der Waals surface area contributed by atoms with Gasteiger partial charge in [-0.2, -0.15) is 0 Å². The molecule has 2 aliphatic rings. The maximum absolute atomic E-state index is 12.5. The van der Waals surface area contributed by atoms with Crippen LogP contribution in [-0.2, 0) is 9.47 Å². The zero-order chi connectivity index (χ0) is 17.7. The summed E-state index contributed by atoms with van der Waals surface area (Å²) in [6.45, 7) is 5.04. The van der Waals surface area contributed by atoms with Gasteiger partial charge in [0.1, 0.15) is 0 Å². The van der Waals surface area contributed by atoms with Gasteiger partial charge in [0.05, 0.1) is 13.2 Å². The van der Waals surface area contributed by atoms with E-state index in [9.17, 15) is 4.79 Å².